The van der Waals surface area contributed by atoms with Gasteiger partial charge in [-0.15, -0.1) is 0 Å². The van der Waals surface area contributed by atoms with Crippen LogP contribution in [-0.4, -0.2) is 26.2 Å². The van der Waals surface area contributed by atoms with Crippen LogP contribution in [0, 0.1) is 23.1 Å². The summed E-state index contributed by atoms with van der Waals surface area (Å²) in [6, 6.07) is 4.76. The lowest BCUT2D eigenvalue weighted by Gasteiger charge is -2.30. The molecule has 2 N–H and O–H groups in total. The van der Waals surface area contributed by atoms with Gasteiger partial charge in [0.05, 0.1) is 0 Å². The molecule has 1 atom stereocenters. The summed E-state index contributed by atoms with van der Waals surface area (Å²) in [5.74, 6) is -0.698. The molecule has 0 radical (unpaired) electrons. The summed E-state index contributed by atoms with van der Waals surface area (Å²) in [5.41, 5.74) is -0.480. The first-order valence-electron chi connectivity index (χ1n) is 7.81. The molecule has 1 aliphatic rings. The van der Waals surface area contributed by atoms with E-state index in [0.29, 0.717) is 6.42 Å². The van der Waals surface area contributed by atoms with Crippen LogP contribution in [0.25, 0.3) is 0 Å². The van der Waals surface area contributed by atoms with Gasteiger partial charge in [0.15, 0.2) is 0 Å². The molecule has 0 aliphatic heterocycles. The van der Waals surface area contributed by atoms with Crippen molar-refractivity contribution < 1.29 is 17.9 Å². The summed E-state index contributed by atoms with van der Waals surface area (Å²) >= 11 is 0. The molecule has 7 heteroatoms. The van der Waals surface area contributed by atoms with Crippen molar-refractivity contribution >= 4 is 10.0 Å². The molecule has 1 aromatic rings. The zero-order valence-electron chi connectivity index (χ0n) is 12.8. The molecule has 0 amide bonds. The van der Waals surface area contributed by atoms with Crippen LogP contribution >= 0.6 is 0 Å². The van der Waals surface area contributed by atoms with Crippen molar-refractivity contribution in [3.05, 3.63) is 29.6 Å². The Balaban J connectivity index is 2.28. The van der Waals surface area contributed by atoms with Crippen LogP contribution in [0.1, 0.15) is 44.1 Å². The van der Waals surface area contributed by atoms with Gasteiger partial charge in [-0.2, -0.15) is 5.26 Å². The number of hydrogen-bond donors (Lipinski definition) is 2. The summed E-state index contributed by atoms with van der Waals surface area (Å²) in [5, 5.41) is 18.3. The fraction of sp³-hybridized carbons (Fsp3) is 0.562. The molecule has 126 valence electrons. The smallest absolute Gasteiger partial charge is 0.242 e. The molecule has 0 aromatic heterocycles. The number of nitrogens with zero attached hydrogens (tertiary/aromatic N) is 1. The summed E-state index contributed by atoms with van der Waals surface area (Å²) in [6.45, 7) is -0.127. The molecule has 1 fully saturated rings. The minimum Gasteiger partial charge on any atom is -0.396 e. The van der Waals surface area contributed by atoms with E-state index in [0.717, 1.165) is 38.2 Å². The first-order chi connectivity index (χ1) is 11.0. The van der Waals surface area contributed by atoms with Crippen LogP contribution in [0.2, 0.25) is 0 Å². The Morgan fingerprint density at radius 2 is 2.04 bits per heavy atom. The first-order valence-corrected chi connectivity index (χ1v) is 9.29. The fourth-order valence-corrected chi connectivity index (χ4v) is 4.67. The zero-order valence-corrected chi connectivity index (χ0v) is 13.7. The van der Waals surface area contributed by atoms with Crippen LogP contribution in [0.5, 0.6) is 0 Å². The number of nitrogens with one attached hydrogen (secondary N) is 1. The van der Waals surface area contributed by atoms with Crippen LogP contribution < -0.4 is 4.72 Å². The van der Waals surface area contributed by atoms with E-state index in [1.54, 1.807) is 6.07 Å². The second-order valence-electron chi connectivity index (χ2n) is 5.86. The predicted octanol–water partition coefficient (Wildman–Crippen LogP) is 2.31. The highest BCUT2D eigenvalue weighted by Gasteiger charge is 2.29. The maximum atomic E-state index is 13.7. The van der Waals surface area contributed by atoms with E-state index in [4.69, 9.17) is 5.26 Å². The van der Waals surface area contributed by atoms with Gasteiger partial charge in [0.2, 0.25) is 10.0 Å². The highest BCUT2D eigenvalue weighted by Crippen LogP contribution is 2.29. The second kappa shape index (κ2) is 7.86. The minimum atomic E-state index is -4.02. The normalized spacial score (nSPS) is 17.6. The van der Waals surface area contributed by atoms with Crippen molar-refractivity contribution in [2.45, 2.75) is 49.5 Å². The molecular formula is C16H21FN2O3S. The van der Waals surface area contributed by atoms with Gasteiger partial charge in [-0.1, -0.05) is 25.3 Å². The Morgan fingerprint density at radius 1 is 1.35 bits per heavy atom. The molecule has 1 aromatic carbocycles. The number of halogens is 1. The zero-order chi connectivity index (χ0) is 16.9. The molecule has 0 saturated heterocycles. The Labute approximate surface area is 136 Å². The lowest BCUT2D eigenvalue weighted by atomic mass is 9.83. The lowest BCUT2D eigenvalue weighted by Crippen LogP contribution is -2.42. The molecule has 1 saturated carbocycles. The average Bonchev–Trinajstić information content (AvgIpc) is 2.55. The third-order valence-electron chi connectivity index (χ3n) is 4.34. The monoisotopic (exact) mass is 340 g/mol. The molecule has 0 heterocycles. The summed E-state index contributed by atoms with van der Waals surface area (Å²) < 4.78 is 41.4. The Morgan fingerprint density at radius 3 is 2.65 bits per heavy atom. The third-order valence-corrected chi connectivity index (χ3v) is 5.87. The van der Waals surface area contributed by atoms with Gasteiger partial charge in [0.25, 0.3) is 0 Å². The number of aliphatic hydroxyl groups excluding tert-OH is 1. The van der Waals surface area contributed by atoms with Crippen LogP contribution in [-0.2, 0) is 10.0 Å². The van der Waals surface area contributed by atoms with Crippen LogP contribution in [0.3, 0.4) is 0 Å². The van der Waals surface area contributed by atoms with E-state index in [-0.39, 0.29) is 17.4 Å². The third kappa shape index (κ3) is 4.28. The largest absolute Gasteiger partial charge is 0.396 e. The lowest BCUT2D eigenvalue weighted by molar-refractivity contribution is 0.221. The van der Waals surface area contributed by atoms with Crippen molar-refractivity contribution in [2.75, 3.05) is 6.61 Å². The number of hydrogen-bond acceptors (Lipinski definition) is 4. The number of rotatable bonds is 6. The molecule has 2 rings (SSSR count). The van der Waals surface area contributed by atoms with Gasteiger partial charge in [-0.25, -0.2) is 17.5 Å². The number of nitriles is 1. The Bertz CT molecular complexity index is 679. The van der Waals surface area contributed by atoms with E-state index in [1.165, 1.54) is 12.1 Å². The highest BCUT2D eigenvalue weighted by atomic mass is 32.2. The summed E-state index contributed by atoms with van der Waals surface area (Å²) in [6.07, 6.45) is 5.33. The summed E-state index contributed by atoms with van der Waals surface area (Å²) in [7, 11) is -4.02. The van der Waals surface area contributed by atoms with E-state index < -0.39 is 27.4 Å². The highest BCUT2D eigenvalue weighted by molar-refractivity contribution is 7.89. The van der Waals surface area contributed by atoms with Gasteiger partial charge in [-0.3, -0.25) is 0 Å². The van der Waals surface area contributed by atoms with Crippen molar-refractivity contribution in [1.82, 2.24) is 4.72 Å². The number of aliphatic hydroxyl groups is 1. The average molecular weight is 340 g/mol. The molecular weight excluding hydrogens is 319 g/mol. The minimum absolute atomic E-state index is 0.127. The standard InChI is InChI=1S/C16H21FN2O3S/c17-14-7-4-8-16(13(14)11-18)23(21,22)19-15(9-10-20)12-5-2-1-3-6-12/h4,7-8,12,15,19-20H,1-3,5-6,9-10H2. The Kier molecular flexibility index (Phi) is 6.10. The van der Waals surface area contributed by atoms with Crippen molar-refractivity contribution in [2.24, 2.45) is 5.92 Å². The van der Waals surface area contributed by atoms with Gasteiger partial charge >= 0.3 is 0 Å². The van der Waals surface area contributed by atoms with Gasteiger partial charge in [-0.05, 0) is 37.3 Å². The number of sulfonamides is 1. The maximum absolute atomic E-state index is 13.7. The first kappa shape index (κ1) is 17.9. The Hall–Kier alpha value is -1.49. The molecule has 1 unspecified atom stereocenters. The van der Waals surface area contributed by atoms with E-state index in [9.17, 15) is 17.9 Å². The molecule has 23 heavy (non-hydrogen) atoms. The number of benzene rings is 1. The van der Waals surface area contributed by atoms with Gasteiger partial charge in [0.1, 0.15) is 22.3 Å². The van der Waals surface area contributed by atoms with Crippen molar-refractivity contribution in [1.29, 1.82) is 5.26 Å². The quantitative estimate of drug-likeness (QED) is 0.831. The predicted molar refractivity (Wildman–Crippen MR) is 83.5 cm³/mol. The van der Waals surface area contributed by atoms with E-state index in [1.807, 2.05) is 0 Å². The summed E-state index contributed by atoms with van der Waals surface area (Å²) in [4.78, 5) is -0.348. The fourth-order valence-electron chi connectivity index (χ4n) is 3.17. The molecule has 0 bridgehead atoms. The van der Waals surface area contributed by atoms with Crippen molar-refractivity contribution in [3.8, 4) is 6.07 Å². The van der Waals surface area contributed by atoms with Gasteiger partial charge in [0, 0.05) is 12.6 Å². The van der Waals surface area contributed by atoms with E-state index in [2.05, 4.69) is 4.72 Å². The van der Waals surface area contributed by atoms with E-state index >= 15 is 0 Å². The van der Waals surface area contributed by atoms with Crippen LogP contribution in [0.4, 0.5) is 4.39 Å². The molecule has 5 nitrogen and oxygen atoms in total. The topological polar surface area (TPSA) is 90.2 Å². The maximum Gasteiger partial charge on any atom is 0.242 e. The van der Waals surface area contributed by atoms with Crippen molar-refractivity contribution in [3.63, 3.8) is 0 Å². The SMILES string of the molecule is N#Cc1c(F)cccc1S(=O)(=O)NC(CCO)C1CCCCC1. The second-order valence-corrected chi connectivity index (χ2v) is 7.55. The van der Waals surface area contributed by atoms with Crippen LogP contribution in [0.15, 0.2) is 23.1 Å². The molecule has 1 aliphatic carbocycles. The van der Waals surface area contributed by atoms with Gasteiger partial charge < -0.3 is 5.11 Å². The molecule has 0 spiro atoms.